The first-order valence-electron chi connectivity index (χ1n) is 15.4. The summed E-state index contributed by atoms with van der Waals surface area (Å²) in [6.45, 7) is 21.5. The van der Waals surface area contributed by atoms with Gasteiger partial charge in [-0.05, 0) is 127 Å². The number of fused-ring (bicyclic) bond motifs is 7. The molecule has 0 spiro atoms. The van der Waals surface area contributed by atoms with Gasteiger partial charge in [-0.2, -0.15) is 0 Å². The van der Waals surface area contributed by atoms with Crippen LogP contribution in [0.1, 0.15) is 145 Å². The Hall–Kier alpha value is 0. The van der Waals surface area contributed by atoms with Crippen molar-refractivity contribution in [2.24, 2.45) is 62.6 Å². The highest BCUT2D eigenvalue weighted by Crippen LogP contribution is 2.78. The highest BCUT2D eigenvalue weighted by molar-refractivity contribution is 5.19. The van der Waals surface area contributed by atoms with Crippen LogP contribution in [0.5, 0.6) is 0 Å². The molecule has 0 aliphatic heterocycles. The van der Waals surface area contributed by atoms with Crippen LogP contribution >= 0.6 is 0 Å². The molecule has 0 aromatic heterocycles. The normalized spacial score (nSPS) is 54.0. The summed E-state index contributed by atoms with van der Waals surface area (Å²) >= 11 is 0. The maximum absolute atomic E-state index is 2.83. The molecule has 1 unspecified atom stereocenters. The minimum absolute atomic E-state index is 0.559. The van der Waals surface area contributed by atoms with Gasteiger partial charge >= 0.3 is 0 Å². The second-order valence-electron chi connectivity index (χ2n) is 15.9. The molecule has 33 heavy (non-hydrogen) atoms. The average Bonchev–Trinajstić information content (AvgIpc) is 3.09. The van der Waals surface area contributed by atoms with E-state index in [1.54, 1.807) is 12.8 Å². The van der Waals surface area contributed by atoms with Crippen molar-refractivity contribution in [3.63, 3.8) is 0 Å². The van der Waals surface area contributed by atoms with Gasteiger partial charge in [0.1, 0.15) is 0 Å². The summed E-state index contributed by atoms with van der Waals surface area (Å²) in [5.41, 5.74) is 2.90. The van der Waals surface area contributed by atoms with Crippen LogP contribution in [0.25, 0.3) is 0 Å². The third-order valence-corrected chi connectivity index (χ3v) is 14.5. The van der Waals surface area contributed by atoms with Crippen molar-refractivity contribution in [2.45, 2.75) is 145 Å². The minimum Gasteiger partial charge on any atom is -0.0654 e. The number of rotatable bonds is 4. The van der Waals surface area contributed by atoms with E-state index >= 15 is 0 Å². The molecule has 10 atom stereocenters. The molecule has 0 nitrogen and oxygen atoms in total. The van der Waals surface area contributed by atoms with Gasteiger partial charge in [0.05, 0.1) is 0 Å². The SMILES string of the molecule is CCCCC(C)[C@@H]1CC[C@@]2(C)[C@@H]1CC[C@]1(C)[C@@H]2CC[C@@H]2[C@@]3(C)CCCC(C)(C)[C@@H]3CC[C@]21C. The van der Waals surface area contributed by atoms with Gasteiger partial charge in [-0.3, -0.25) is 0 Å². The summed E-state index contributed by atoms with van der Waals surface area (Å²) in [4.78, 5) is 0. The van der Waals surface area contributed by atoms with Crippen LogP contribution in [-0.2, 0) is 0 Å². The van der Waals surface area contributed by atoms with E-state index in [0.29, 0.717) is 27.1 Å². The molecule has 5 aliphatic rings. The lowest BCUT2D eigenvalue weighted by Crippen LogP contribution is -2.65. The Kier molecular flexibility index (Phi) is 5.98. The van der Waals surface area contributed by atoms with Gasteiger partial charge in [0, 0.05) is 0 Å². The van der Waals surface area contributed by atoms with Crippen LogP contribution in [0.3, 0.4) is 0 Å². The summed E-state index contributed by atoms with van der Waals surface area (Å²) in [7, 11) is 0. The molecule has 0 radical (unpaired) electrons. The first-order chi connectivity index (χ1) is 15.4. The van der Waals surface area contributed by atoms with Gasteiger partial charge in [-0.1, -0.05) is 81.1 Å². The van der Waals surface area contributed by atoms with E-state index < -0.39 is 0 Å². The highest BCUT2D eigenvalue weighted by atomic mass is 14.7. The lowest BCUT2D eigenvalue weighted by atomic mass is 9.32. The summed E-state index contributed by atoms with van der Waals surface area (Å²) < 4.78 is 0. The largest absolute Gasteiger partial charge is 0.0654 e. The Balaban J connectivity index is 1.45. The Morgan fingerprint density at radius 3 is 1.97 bits per heavy atom. The summed E-state index contributed by atoms with van der Waals surface area (Å²) in [5, 5.41) is 0. The molecule has 0 aromatic rings. The van der Waals surface area contributed by atoms with Crippen LogP contribution in [0, 0.1) is 62.6 Å². The van der Waals surface area contributed by atoms with E-state index in [0.717, 1.165) is 35.5 Å². The topological polar surface area (TPSA) is 0 Å². The Morgan fingerprint density at radius 2 is 1.30 bits per heavy atom. The molecule has 0 N–H and O–H groups in total. The summed E-state index contributed by atoms with van der Waals surface area (Å²) in [5.74, 6) is 5.88. The van der Waals surface area contributed by atoms with Crippen molar-refractivity contribution in [1.82, 2.24) is 0 Å². The smallest absolute Gasteiger partial charge is 0.0235 e. The van der Waals surface area contributed by atoms with Crippen LogP contribution in [0.15, 0.2) is 0 Å². The maximum Gasteiger partial charge on any atom is -0.0235 e. The Morgan fingerprint density at radius 1 is 0.667 bits per heavy atom. The fourth-order valence-corrected chi connectivity index (χ4v) is 12.8. The second-order valence-corrected chi connectivity index (χ2v) is 15.9. The van der Waals surface area contributed by atoms with E-state index in [4.69, 9.17) is 0 Å². The minimum atomic E-state index is 0.559. The quantitative estimate of drug-likeness (QED) is 0.396. The Bertz CT molecular complexity index is 734. The van der Waals surface area contributed by atoms with Gasteiger partial charge in [0.25, 0.3) is 0 Å². The molecular formula is C33H58. The monoisotopic (exact) mass is 454 g/mol. The molecule has 5 rings (SSSR count). The molecular weight excluding hydrogens is 396 g/mol. The molecule has 0 heterocycles. The molecule has 0 aromatic carbocycles. The van der Waals surface area contributed by atoms with Crippen molar-refractivity contribution in [2.75, 3.05) is 0 Å². The maximum atomic E-state index is 2.83. The van der Waals surface area contributed by atoms with Crippen LogP contribution in [0.2, 0.25) is 0 Å². The van der Waals surface area contributed by atoms with Crippen molar-refractivity contribution in [3.8, 4) is 0 Å². The third kappa shape index (κ3) is 3.26. The fraction of sp³-hybridized carbons (Fsp3) is 1.00. The fourth-order valence-electron chi connectivity index (χ4n) is 12.8. The molecule has 190 valence electrons. The third-order valence-electron chi connectivity index (χ3n) is 14.5. The number of hydrogen-bond donors (Lipinski definition) is 0. The zero-order valence-corrected chi connectivity index (χ0v) is 23.9. The van der Waals surface area contributed by atoms with Gasteiger partial charge in [-0.15, -0.1) is 0 Å². The zero-order chi connectivity index (χ0) is 23.9. The number of hydrogen-bond acceptors (Lipinski definition) is 0. The predicted octanol–water partition coefficient (Wildman–Crippen LogP) is 10.3. The van der Waals surface area contributed by atoms with Gasteiger partial charge < -0.3 is 0 Å². The van der Waals surface area contributed by atoms with Crippen LogP contribution in [0.4, 0.5) is 0 Å². The van der Waals surface area contributed by atoms with E-state index in [1.807, 2.05) is 0 Å². The molecule has 0 bridgehead atoms. The lowest BCUT2D eigenvalue weighted by Gasteiger charge is -2.73. The average molecular weight is 455 g/mol. The first-order valence-corrected chi connectivity index (χ1v) is 15.4. The van der Waals surface area contributed by atoms with Gasteiger partial charge in [0.15, 0.2) is 0 Å². The lowest BCUT2D eigenvalue weighted by molar-refractivity contribution is -0.241. The van der Waals surface area contributed by atoms with Gasteiger partial charge in [0.2, 0.25) is 0 Å². The molecule has 0 heteroatoms. The summed E-state index contributed by atoms with van der Waals surface area (Å²) in [6.07, 6.45) is 21.0. The molecule has 5 fully saturated rings. The van der Waals surface area contributed by atoms with Crippen LogP contribution < -0.4 is 0 Å². The van der Waals surface area contributed by atoms with E-state index in [2.05, 4.69) is 55.4 Å². The van der Waals surface area contributed by atoms with Crippen LogP contribution in [-0.4, -0.2) is 0 Å². The molecule has 5 saturated carbocycles. The Labute approximate surface area is 207 Å². The number of unbranched alkanes of at least 4 members (excludes halogenated alkanes) is 1. The molecule has 0 amide bonds. The first kappa shape index (κ1) is 24.7. The van der Waals surface area contributed by atoms with E-state index in [-0.39, 0.29) is 0 Å². The highest BCUT2D eigenvalue weighted by Gasteiger charge is 2.70. The standard InChI is InChI=1S/C33H58/c1-9-10-12-23(2)24-15-20-30(5)25(24)16-21-32(7)27(30)13-14-28-31(6)19-11-18-29(3,4)26(31)17-22-33(28,32)8/h23-28H,9-22H2,1-8H3/t23?,24-,25+,26-,27+,28+,30-,31-,32+,33+/m0/s1. The van der Waals surface area contributed by atoms with Crippen molar-refractivity contribution >= 4 is 0 Å². The van der Waals surface area contributed by atoms with Gasteiger partial charge in [-0.25, -0.2) is 0 Å². The predicted molar refractivity (Wildman–Crippen MR) is 143 cm³/mol. The van der Waals surface area contributed by atoms with Crippen molar-refractivity contribution in [1.29, 1.82) is 0 Å². The van der Waals surface area contributed by atoms with Crippen molar-refractivity contribution < 1.29 is 0 Å². The summed E-state index contributed by atoms with van der Waals surface area (Å²) in [6, 6.07) is 0. The zero-order valence-electron chi connectivity index (χ0n) is 23.9. The molecule has 5 aliphatic carbocycles. The van der Waals surface area contributed by atoms with E-state index in [1.165, 1.54) is 77.0 Å². The van der Waals surface area contributed by atoms with E-state index in [9.17, 15) is 0 Å². The molecule has 0 saturated heterocycles. The van der Waals surface area contributed by atoms with Crippen molar-refractivity contribution in [3.05, 3.63) is 0 Å². The second kappa shape index (κ2) is 8.00.